The lowest BCUT2D eigenvalue weighted by atomic mass is 10.3. The van der Waals surface area contributed by atoms with Gasteiger partial charge in [-0.05, 0) is 18.2 Å². The van der Waals surface area contributed by atoms with Crippen LogP contribution in [0.4, 0.5) is 16.2 Å². The lowest BCUT2D eigenvalue weighted by molar-refractivity contribution is 0.180. The van der Waals surface area contributed by atoms with Crippen molar-refractivity contribution in [1.29, 1.82) is 0 Å². The summed E-state index contributed by atoms with van der Waals surface area (Å²) >= 11 is 0. The molecule has 1 rings (SSSR count). The molecule has 1 aromatic rings. The van der Waals surface area contributed by atoms with Crippen molar-refractivity contribution in [2.24, 2.45) is 0 Å². The van der Waals surface area contributed by atoms with Gasteiger partial charge in [0.1, 0.15) is 0 Å². The van der Waals surface area contributed by atoms with Gasteiger partial charge in [0.05, 0.1) is 7.11 Å². The molecule has 0 saturated carbocycles. The third kappa shape index (κ3) is 2.11. The summed E-state index contributed by atoms with van der Waals surface area (Å²) in [5, 5.41) is 0. The van der Waals surface area contributed by atoms with E-state index in [9.17, 15) is 4.79 Å². The predicted molar refractivity (Wildman–Crippen MR) is 51.7 cm³/mol. The number of nitrogens with zero attached hydrogens (tertiary/aromatic N) is 1. The number of nitrogen functional groups attached to an aromatic ring is 1. The van der Waals surface area contributed by atoms with Crippen LogP contribution in [0, 0.1) is 0 Å². The summed E-state index contributed by atoms with van der Waals surface area (Å²) < 4.78 is 4.55. The van der Waals surface area contributed by atoms with Crippen LogP contribution in [0.3, 0.4) is 0 Å². The highest BCUT2D eigenvalue weighted by Gasteiger charge is 2.09. The number of amides is 1. The lowest BCUT2D eigenvalue weighted by Crippen LogP contribution is -2.25. The Morgan fingerprint density at radius 2 is 2.23 bits per heavy atom. The maximum absolute atomic E-state index is 11.1. The Labute approximate surface area is 76.9 Å². The van der Waals surface area contributed by atoms with Gasteiger partial charge in [0.2, 0.25) is 0 Å². The molecular formula is C9H12N2O2. The van der Waals surface area contributed by atoms with Gasteiger partial charge >= 0.3 is 6.09 Å². The van der Waals surface area contributed by atoms with Gasteiger partial charge in [-0.15, -0.1) is 0 Å². The van der Waals surface area contributed by atoms with E-state index < -0.39 is 6.09 Å². The zero-order valence-electron chi connectivity index (χ0n) is 7.65. The largest absolute Gasteiger partial charge is 0.452 e. The quantitative estimate of drug-likeness (QED) is 0.666. The molecule has 0 aliphatic carbocycles. The van der Waals surface area contributed by atoms with Crippen LogP contribution in [0.2, 0.25) is 0 Å². The van der Waals surface area contributed by atoms with Gasteiger partial charge in [-0.3, -0.25) is 4.90 Å². The summed E-state index contributed by atoms with van der Waals surface area (Å²) in [5.74, 6) is 0. The molecule has 70 valence electrons. The smallest absolute Gasteiger partial charge is 0.413 e. The van der Waals surface area contributed by atoms with E-state index in [0.717, 1.165) is 0 Å². The van der Waals surface area contributed by atoms with Gasteiger partial charge in [-0.1, -0.05) is 6.07 Å². The molecule has 1 amide bonds. The van der Waals surface area contributed by atoms with Crippen molar-refractivity contribution in [2.45, 2.75) is 0 Å². The van der Waals surface area contributed by atoms with E-state index in [1.807, 2.05) is 0 Å². The van der Waals surface area contributed by atoms with Crippen LogP contribution in [0.1, 0.15) is 0 Å². The first kappa shape index (κ1) is 9.38. The minimum absolute atomic E-state index is 0.411. The van der Waals surface area contributed by atoms with Crippen molar-refractivity contribution in [3.8, 4) is 0 Å². The first-order valence-corrected chi connectivity index (χ1v) is 3.82. The SMILES string of the molecule is COC(=O)N(C)c1cccc(N)c1. The Morgan fingerprint density at radius 1 is 1.54 bits per heavy atom. The Kier molecular flexibility index (Phi) is 2.74. The van der Waals surface area contributed by atoms with Crippen LogP contribution < -0.4 is 10.6 Å². The Bertz CT molecular complexity index is 312. The number of nitrogens with two attached hydrogens (primary N) is 1. The molecule has 0 saturated heterocycles. The van der Waals surface area contributed by atoms with Crippen LogP contribution >= 0.6 is 0 Å². The summed E-state index contributed by atoms with van der Waals surface area (Å²) in [6.45, 7) is 0. The zero-order chi connectivity index (χ0) is 9.84. The molecule has 2 N–H and O–H groups in total. The topological polar surface area (TPSA) is 55.6 Å². The number of rotatable bonds is 1. The number of anilines is 2. The minimum Gasteiger partial charge on any atom is -0.452 e. The van der Waals surface area contributed by atoms with Gasteiger partial charge in [-0.25, -0.2) is 4.79 Å². The summed E-state index contributed by atoms with van der Waals surface area (Å²) in [4.78, 5) is 12.5. The summed E-state index contributed by atoms with van der Waals surface area (Å²) in [5.41, 5.74) is 6.89. The van der Waals surface area contributed by atoms with E-state index in [4.69, 9.17) is 5.73 Å². The second-order valence-corrected chi connectivity index (χ2v) is 2.62. The molecule has 0 heterocycles. The van der Waals surface area contributed by atoms with E-state index in [-0.39, 0.29) is 0 Å². The van der Waals surface area contributed by atoms with Crippen molar-refractivity contribution in [1.82, 2.24) is 0 Å². The van der Waals surface area contributed by atoms with Gasteiger partial charge in [0, 0.05) is 18.4 Å². The van der Waals surface area contributed by atoms with Crippen molar-refractivity contribution < 1.29 is 9.53 Å². The standard InChI is InChI=1S/C9H12N2O2/c1-11(9(12)13-2)8-5-3-4-7(10)6-8/h3-6H,10H2,1-2H3. The predicted octanol–water partition coefficient (Wildman–Crippen LogP) is 1.47. The van der Waals surface area contributed by atoms with E-state index in [2.05, 4.69) is 4.74 Å². The van der Waals surface area contributed by atoms with Crippen molar-refractivity contribution in [3.05, 3.63) is 24.3 Å². The molecule has 0 bridgehead atoms. The van der Waals surface area contributed by atoms with E-state index in [1.165, 1.54) is 12.0 Å². The number of hydrogen-bond acceptors (Lipinski definition) is 3. The molecule has 0 unspecified atom stereocenters. The average molecular weight is 180 g/mol. The third-order valence-corrected chi connectivity index (χ3v) is 1.71. The van der Waals surface area contributed by atoms with Gasteiger partial charge in [0.15, 0.2) is 0 Å². The Hall–Kier alpha value is -1.71. The maximum Gasteiger partial charge on any atom is 0.413 e. The monoisotopic (exact) mass is 180 g/mol. The fourth-order valence-corrected chi connectivity index (χ4v) is 0.976. The second-order valence-electron chi connectivity index (χ2n) is 2.62. The Balaban J connectivity index is 2.88. The highest BCUT2D eigenvalue weighted by molar-refractivity contribution is 5.87. The number of carbonyl (C=O) groups is 1. The summed E-state index contributed by atoms with van der Waals surface area (Å²) in [7, 11) is 2.96. The zero-order valence-corrected chi connectivity index (χ0v) is 7.65. The molecule has 13 heavy (non-hydrogen) atoms. The van der Waals surface area contributed by atoms with Crippen LogP contribution in [0.25, 0.3) is 0 Å². The molecule has 4 heteroatoms. The first-order chi connectivity index (χ1) is 6.15. The normalized spacial score (nSPS) is 9.38. The molecule has 0 fully saturated rings. The fraction of sp³-hybridized carbons (Fsp3) is 0.222. The molecule has 0 spiro atoms. The van der Waals surface area contributed by atoms with Crippen molar-refractivity contribution in [3.63, 3.8) is 0 Å². The number of hydrogen-bond donors (Lipinski definition) is 1. The molecule has 0 aromatic heterocycles. The van der Waals surface area contributed by atoms with Crippen LogP contribution in [0.5, 0.6) is 0 Å². The minimum atomic E-state index is -0.411. The van der Waals surface area contributed by atoms with Gasteiger partial charge in [0.25, 0.3) is 0 Å². The molecule has 0 aliphatic rings. The molecular weight excluding hydrogens is 168 g/mol. The van der Waals surface area contributed by atoms with E-state index in [0.29, 0.717) is 11.4 Å². The number of ether oxygens (including phenoxy) is 1. The fourth-order valence-electron chi connectivity index (χ4n) is 0.976. The average Bonchev–Trinajstić information content (AvgIpc) is 2.15. The second kappa shape index (κ2) is 3.80. The first-order valence-electron chi connectivity index (χ1n) is 3.82. The number of benzene rings is 1. The lowest BCUT2D eigenvalue weighted by Gasteiger charge is -2.15. The molecule has 0 radical (unpaired) electrons. The van der Waals surface area contributed by atoms with E-state index in [1.54, 1.807) is 31.3 Å². The van der Waals surface area contributed by atoms with Gasteiger partial charge < -0.3 is 10.5 Å². The number of methoxy groups -OCH3 is 1. The maximum atomic E-state index is 11.1. The number of carbonyl (C=O) groups excluding carboxylic acids is 1. The van der Waals surface area contributed by atoms with E-state index >= 15 is 0 Å². The Morgan fingerprint density at radius 3 is 2.77 bits per heavy atom. The van der Waals surface area contributed by atoms with Crippen molar-refractivity contribution >= 4 is 17.5 Å². The van der Waals surface area contributed by atoms with Crippen LogP contribution in [0.15, 0.2) is 24.3 Å². The molecule has 1 aromatic carbocycles. The van der Waals surface area contributed by atoms with Crippen molar-refractivity contribution in [2.75, 3.05) is 24.8 Å². The third-order valence-electron chi connectivity index (χ3n) is 1.71. The summed E-state index contributed by atoms with van der Waals surface area (Å²) in [6.07, 6.45) is -0.411. The molecule has 0 atom stereocenters. The molecule has 0 aliphatic heterocycles. The van der Waals surface area contributed by atoms with Gasteiger partial charge in [-0.2, -0.15) is 0 Å². The van der Waals surface area contributed by atoms with Crippen LogP contribution in [-0.2, 0) is 4.74 Å². The highest BCUT2D eigenvalue weighted by atomic mass is 16.5. The van der Waals surface area contributed by atoms with Crippen LogP contribution in [-0.4, -0.2) is 20.3 Å². The highest BCUT2D eigenvalue weighted by Crippen LogP contribution is 2.16. The summed E-state index contributed by atoms with van der Waals surface area (Å²) in [6, 6.07) is 7.03. The molecule has 4 nitrogen and oxygen atoms in total.